The van der Waals surface area contributed by atoms with E-state index in [-0.39, 0.29) is 5.56 Å². The van der Waals surface area contributed by atoms with Crippen molar-refractivity contribution in [2.24, 2.45) is 0 Å². The molecule has 0 unspecified atom stereocenters. The van der Waals surface area contributed by atoms with E-state index < -0.39 is 5.97 Å². The average molecular weight is 270 g/mol. The van der Waals surface area contributed by atoms with E-state index in [4.69, 9.17) is 9.47 Å². The number of hydrogen-bond acceptors (Lipinski definition) is 4. The molecule has 0 aromatic heterocycles. The third-order valence-corrected chi connectivity index (χ3v) is 3.19. The van der Waals surface area contributed by atoms with Crippen LogP contribution in [0.5, 0.6) is 5.75 Å². The van der Waals surface area contributed by atoms with E-state index in [1.807, 2.05) is 13.0 Å². The monoisotopic (exact) mass is 270 g/mol. The van der Waals surface area contributed by atoms with Gasteiger partial charge in [0.1, 0.15) is 11.3 Å². The molecular formula is C13H18O4S. The minimum absolute atomic E-state index is 0.252. The standard InChI is InChI=1S/C13H18O4S/c1-3-18-11-7-4-6-10(12(11)13(14)15)17-9-5-8-16-2/h4,6-7H,3,5,8-9H2,1-2H3,(H,14,15). The van der Waals surface area contributed by atoms with Crippen molar-refractivity contribution < 1.29 is 19.4 Å². The molecular weight excluding hydrogens is 252 g/mol. The maximum Gasteiger partial charge on any atom is 0.340 e. The molecule has 0 bridgehead atoms. The quantitative estimate of drug-likeness (QED) is 0.581. The van der Waals surface area contributed by atoms with Crippen LogP contribution in [0.3, 0.4) is 0 Å². The van der Waals surface area contributed by atoms with Crippen LogP contribution in [0, 0.1) is 0 Å². The normalized spacial score (nSPS) is 10.3. The van der Waals surface area contributed by atoms with Gasteiger partial charge < -0.3 is 14.6 Å². The van der Waals surface area contributed by atoms with Gasteiger partial charge in [0.05, 0.1) is 6.61 Å². The first-order valence-electron chi connectivity index (χ1n) is 5.81. The fourth-order valence-corrected chi connectivity index (χ4v) is 2.32. The molecule has 1 aromatic rings. The van der Waals surface area contributed by atoms with Crippen LogP contribution in [0.25, 0.3) is 0 Å². The Kier molecular flexibility index (Phi) is 6.60. The Hall–Kier alpha value is -1.20. The number of rotatable bonds is 8. The van der Waals surface area contributed by atoms with Gasteiger partial charge >= 0.3 is 5.97 Å². The zero-order valence-corrected chi connectivity index (χ0v) is 11.5. The molecule has 0 amide bonds. The molecule has 0 heterocycles. The highest BCUT2D eigenvalue weighted by atomic mass is 32.2. The highest BCUT2D eigenvalue weighted by molar-refractivity contribution is 7.99. The van der Waals surface area contributed by atoms with Gasteiger partial charge in [-0.1, -0.05) is 13.0 Å². The zero-order chi connectivity index (χ0) is 13.4. The summed E-state index contributed by atoms with van der Waals surface area (Å²) in [5.41, 5.74) is 0.252. The Bertz CT molecular complexity index is 393. The summed E-state index contributed by atoms with van der Waals surface area (Å²) in [6, 6.07) is 5.31. The second-order valence-electron chi connectivity index (χ2n) is 3.56. The van der Waals surface area contributed by atoms with Crippen LogP contribution in [0.1, 0.15) is 23.7 Å². The minimum Gasteiger partial charge on any atom is -0.493 e. The lowest BCUT2D eigenvalue weighted by Gasteiger charge is -2.12. The Morgan fingerprint density at radius 2 is 2.17 bits per heavy atom. The van der Waals surface area contributed by atoms with Gasteiger partial charge in [0.2, 0.25) is 0 Å². The molecule has 0 fully saturated rings. The van der Waals surface area contributed by atoms with Gasteiger partial charge in [-0.3, -0.25) is 0 Å². The van der Waals surface area contributed by atoms with E-state index in [2.05, 4.69) is 0 Å². The van der Waals surface area contributed by atoms with Gasteiger partial charge in [0.25, 0.3) is 0 Å². The summed E-state index contributed by atoms with van der Waals surface area (Å²) in [6.07, 6.45) is 0.737. The Morgan fingerprint density at radius 3 is 2.78 bits per heavy atom. The molecule has 0 atom stereocenters. The van der Waals surface area contributed by atoms with E-state index in [1.165, 1.54) is 11.8 Å². The predicted octanol–water partition coefficient (Wildman–Crippen LogP) is 2.91. The van der Waals surface area contributed by atoms with Crippen molar-refractivity contribution in [3.05, 3.63) is 23.8 Å². The van der Waals surface area contributed by atoms with Crippen LogP contribution in [-0.4, -0.2) is 37.2 Å². The van der Waals surface area contributed by atoms with Crippen LogP contribution in [0.2, 0.25) is 0 Å². The Morgan fingerprint density at radius 1 is 1.39 bits per heavy atom. The van der Waals surface area contributed by atoms with E-state index in [0.29, 0.717) is 19.0 Å². The van der Waals surface area contributed by atoms with Crippen molar-refractivity contribution in [3.8, 4) is 5.75 Å². The summed E-state index contributed by atoms with van der Waals surface area (Å²) in [5.74, 6) is 0.304. The Labute approximate surface area is 111 Å². The largest absolute Gasteiger partial charge is 0.493 e. The summed E-state index contributed by atoms with van der Waals surface area (Å²) >= 11 is 1.50. The maximum absolute atomic E-state index is 11.3. The van der Waals surface area contributed by atoms with Crippen molar-refractivity contribution in [1.29, 1.82) is 0 Å². The fraction of sp³-hybridized carbons (Fsp3) is 0.462. The average Bonchev–Trinajstić information content (AvgIpc) is 2.35. The van der Waals surface area contributed by atoms with Crippen LogP contribution in [0.4, 0.5) is 0 Å². The third-order valence-electron chi connectivity index (χ3n) is 2.25. The van der Waals surface area contributed by atoms with Gasteiger partial charge in [0, 0.05) is 25.0 Å². The molecule has 0 aliphatic rings. The number of thioether (sulfide) groups is 1. The highest BCUT2D eigenvalue weighted by Crippen LogP contribution is 2.30. The molecule has 0 saturated carbocycles. The summed E-state index contributed by atoms with van der Waals surface area (Å²) in [4.78, 5) is 12.0. The van der Waals surface area contributed by atoms with E-state index >= 15 is 0 Å². The van der Waals surface area contributed by atoms with Gasteiger partial charge in [-0.15, -0.1) is 11.8 Å². The highest BCUT2D eigenvalue weighted by Gasteiger charge is 2.16. The van der Waals surface area contributed by atoms with Crippen LogP contribution >= 0.6 is 11.8 Å². The lowest BCUT2D eigenvalue weighted by atomic mass is 10.2. The summed E-state index contributed by atoms with van der Waals surface area (Å²) in [5, 5.41) is 9.26. The molecule has 5 heteroatoms. The molecule has 0 saturated heterocycles. The van der Waals surface area contributed by atoms with Crippen molar-refractivity contribution in [2.45, 2.75) is 18.2 Å². The number of carboxylic acids is 1. The van der Waals surface area contributed by atoms with Gasteiger partial charge in [-0.2, -0.15) is 0 Å². The molecule has 100 valence electrons. The summed E-state index contributed by atoms with van der Waals surface area (Å²) in [6.45, 7) is 3.04. The molecule has 4 nitrogen and oxygen atoms in total. The number of aromatic carboxylic acids is 1. The van der Waals surface area contributed by atoms with E-state index in [1.54, 1.807) is 19.2 Å². The number of carbonyl (C=O) groups is 1. The molecule has 1 N–H and O–H groups in total. The summed E-state index contributed by atoms with van der Waals surface area (Å²) < 4.78 is 10.4. The van der Waals surface area contributed by atoms with Crippen molar-refractivity contribution >= 4 is 17.7 Å². The molecule has 1 rings (SSSR count). The first kappa shape index (κ1) is 14.9. The van der Waals surface area contributed by atoms with Crippen LogP contribution in [0.15, 0.2) is 23.1 Å². The Balaban J connectivity index is 2.82. The van der Waals surface area contributed by atoms with Crippen LogP contribution < -0.4 is 4.74 Å². The van der Waals surface area contributed by atoms with Gasteiger partial charge in [0.15, 0.2) is 0 Å². The number of benzene rings is 1. The lowest BCUT2D eigenvalue weighted by molar-refractivity contribution is 0.0687. The fourth-order valence-electron chi connectivity index (χ4n) is 1.50. The molecule has 18 heavy (non-hydrogen) atoms. The number of methoxy groups -OCH3 is 1. The van der Waals surface area contributed by atoms with E-state index in [9.17, 15) is 9.90 Å². The van der Waals surface area contributed by atoms with E-state index in [0.717, 1.165) is 17.1 Å². The SMILES string of the molecule is CCSc1cccc(OCCCOC)c1C(=O)O. The summed E-state index contributed by atoms with van der Waals surface area (Å²) in [7, 11) is 1.63. The first-order chi connectivity index (χ1) is 8.70. The lowest BCUT2D eigenvalue weighted by Crippen LogP contribution is -2.07. The molecule has 1 aromatic carbocycles. The maximum atomic E-state index is 11.3. The third kappa shape index (κ3) is 4.23. The number of carboxylic acid groups (broad SMARTS) is 1. The van der Waals surface area contributed by atoms with Crippen LogP contribution in [-0.2, 0) is 4.74 Å². The smallest absolute Gasteiger partial charge is 0.340 e. The van der Waals surface area contributed by atoms with Gasteiger partial charge in [-0.25, -0.2) is 4.79 Å². The molecule has 0 spiro atoms. The predicted molar refractivity (Wildman–Crippen MR) is 71.8 cm³/mol. The van der Waals surface area contributed by atoms with Crippen molar-refractivity contribution in [2.75, 3.05) is 26.1 Å². The molecule has 0 aliphatic carbocycles. The molecule has 0 aliphatic heterocycles. The molecule has 0 radical (unpaired) electrons. The topological polar surface area (TPSA) is 55.8 Å². The number of ether oxygens (including phenoxy) is 2. The first-order valence-corrected chi connectivity index (χ1v) is 6.80. The zero-order valence-electron chi connectivity index (χ0n) is 10.6. The minimum atomic E-state index is -0.951. The van der Waals surface area contributed by atoms with Gasteiger partial charge in [-0.05, 0) is 17.9 Å². The van der Waals surface area contributed by atoms with Crippen molar-refractivity contribution in [1.82, 2.24) is 0 Å². The van der Waals surface area contributed by atoms with Crippen molar-refractivity contribution in [3.63, 3.8) is 0 Å². The number of hydrogen-bond donors (Lipinski definition) is 1. The second-order valence-corrected chi connectivity index (χ2v) is 4.87. The second kappa shape index (κ2) is 8.00.